The van der Waals surface area contributed by atoms with Crippen LogP contribution in [-0.4, -0.2) is 42.0 Å². The van der Waals surface area contributed by atoms with Crippen LogP contribution in [0.5, 0.6) is 0 Å². The van der Waals surface area contributed by atoms with Crippen LogP contribution >= 0.6 is 24.0 Å². The minimum absolute atomic E-state index is 0. The summed E-state index contributed by atoms with van der Waals surface area (Å²) in [6, 6.07) is 14.5. The van der Waals surface area contributed by atoms with Crippen molar-refractivity contribution in [1.82, 2.24) is 20.5 Å². The number of pyridine rings is 1. The molecule has 0 aliphatic carbocycles. The maximum absolute atomic E-state index is 5.77. The normalized spacial score (nSPS) is 16.0. The van der Waals surface area contributed by atoms with E-state index in [1.165, 1.54) is 24.8 Å². The van der Waals surface area contributed by atoms with Gasteiger partial charge >= 0.3 is 0 Å². The van der Waals surface area contributed by atoms with Crippen LogP contribution in [0.1, 0.15) is 43.6 Å². The molecule has 6 nitrogen and oxygen atoms in total. The zero-order valence-electron chi connectivity index (χ0n) is 18.1. The fourth-order valence-corrected chi connectivity index (χ4v) is 4.11. The number of nitrogens with zero attached hydrogens (tertiary/aromatic N) is 3. The van der Waals surface area contributed by atoms with E-state index in [2.05, 4.69) is 45.6 Å². The number of para-hydroxylation sites is 1. The van der Waals surface area contributed by atoms with Crippen molar-refractivity contribution in [3.05, 3.63) is 66.2 Å². The van der Waals surface area contributed by atoms with E-state index in [4.69, 9.17) is 9.41 Å². The Kier molecular flexibility index (Phi) is 9.14. The van der Waals surface area contributed by atoms with Crippen molar-refractivity contribution in [1.29, 1.82) is 0 Å². The molecular weight excluding hydrogens is 501 g/mol. The molecule has 1 aliphatic rings. The van der Waals surface area contributed by atoms with Crippen molar-refractivity contribution in [2.45, 2.75) is 38.8 Å². The Morgan fingerprint density at radius 2 is 1.94 bits per heavy atom. The topological polar surface area (TPSA) is 65.7 Å². The molecule has 0 amide bonds. The van der Waals surface area contributed by atoms with E-state index in [1.807, 2.05) is 30.5 Å². The van der Waals surface area contributed by atoms with Gasteiger partial charge in [0, 0.05) is 24.7 Å². The van der Waals surface area contributed by atoms with Crippen LogP contribution in [0.25, 0.3) is 10.9 Å². The molecule has 31 heavy (non-hydrogen) atoms. The quantitative estimate of drug-likeness (QED) is 0.261. The number of guanidine groups is 1. The largest absolute Gasteiger partial charge is 0.468 e. The zero-order chi connectivity index (χ0) is 20.6. The number of halogens is 1. The lowest BCUT2D eigenvalue weighted by atomic mass is 10.1. The standard InChI is InChI=1S/C24H31N5O.HI/c1-2-25-24(27-17-19-12-13-26-21-10-5-4-9-20(19)21)28-18-22(23-11-8-16-30-23)29-14-6-3-7-15-29;/h4-5,8-13,16,22H,2-3,6-7,14-15,17-18H2,1H3,(H2,25,27,28);1H. The predicted octanol–water partition coefficient (Wildman–Crippen LogP) is 4.73. The van der Waals surface area contributed by atoms with Gasteiger partial charge in [0.15, 0.2) is 5.96 Å². The number of furan rings is 1. The van der Waals surface area contributed by atoms with E-state index in [9.17, 15) is 0 Å². The van der Waals surface area contributed by atoms with Gasteiger partial charge in [-0.3, -0.25) is 9.88 Å². The van der Waals surface area contributed by atoms with Gasteiger partial charge in [-0.25, -0.2) is 4.99 Å². The summed E-state index contributed by atoms with van der Waals surface area (Å²) < 4.78 is 5.77. The van der Waals surface area contributed by atoms with Crippen molar-refractivity contribution in [3.63, 3.8) is 0 Å². The number of piperidine rings is 1. The highest BCUT2D eigenvalue weighted by Crippen LogP contribution is 2.24. The molecular formula is C24H32IN5O. The first-order valence-corrected chi connectivity index (χ1v) is 11.0. The van der Waals surface area contributed by atoms with Gasteiger partial charge in [-0.15, -0.1) is 24.0 Å². The van der Waals surface area contributed by atoms with E-state index in [0.29, 0.717) is 6.54 Å². The maximum atomic E-state index is 5.77. The van der Waals surface area contributed by atoms with Gasteiger partial charge in [-0.05, 0) is 62.7 Å². The molecule has 0 bridgehead atoms. The van der Waals surface area contributed by atoms with Crippen molar-refractivity contribution >= 4 is 40.8 Å². The molecule has 0 radical (unpaired) electrons. The molecule has 2 N–H and O–H groups in total. The van der Waals surface area contributed by atoms with E-state index >= 15 is 0 Å². The van der Waals surface area contributed by atoms with Gasteiger partial charge in [0.1, 0.15) is 5.76 Å². The monoisotopic (exact) mass is 533 g/mol. The summed E-state index contributed by atoms with van der Waals surface area (Å²) in [6.07, 6.45) is 7.44. The van der Waals surface area contributed by atoms with Crippen molar-refractivity contribution in [2.24, 2.45) is 4.99 Å². The van der Waals surface area contributed by atoms with Gasteiger partial charge < -0.3 is 15.1 Å². The summed E-state index contributed by atoms with van der Waals surface area (Å²) in [5, 5.41) is 8.08. The Balaban J connectivity index is 0.00000272. The molecule has 166 valence electrons. The predicted molar refractivity (Wildman–Crippen MR) is 137 cm³/mol. The summed E-state index contributed by atoms with van der Waals surface area (Å²) in [7, 11) is 0. The number of benzene rings is 1. The Bertz CT molecular complexity index is 948. The minimum Gasteiger partial charge on any atom is -0.468 e. The first kappa shape index (κ1) is 23.5. The SMILES string of the molecule is CCNC(=NCc1ccnc2ccccc12)NCC(c1ccco1)N1CCCCC1.I. The summed E-state index contributed by atoms with van der Waals surface area (Å²) in [6.45, 7) is 6.50. The van der Waals surface area contributed by atoms with Crippen molar-refractivity contribution in [2.75, 3.05) is 26.2 Å². The van der Waals surface area contributed by atoms with Gasteiger partial charge in [0.2, 0.25) is 0 Å². The Morgan fingerprint density at radius 3 is 2.71 bits per heavy atom. The number of likely N-dealkylation sites (tertiary alicyclic amines) is 1. The van der Waals surface area contributed by atoms with Gasteiger partial charge in [-0.2, -0.15) is 0 Å². The van der Waals surface area contributed by atoms with Crippen LogP contribution < -0.4 is 10.6 Å². The molecule has 0 spiro atoms. The second kappa shape index (κ2) is 12.0. The lowest BCUT2D eigenvalue weighted by Crippen LogP contribution is -2.44. The molecule has 2 aromatic heterocycles. The third kappa shape index (κ3) is 6.20. The molecule has 1 atom stereocenters. The smallest absolute Gasteiger partial charge is 0.191 e. The molecule has 3 aromatic rings. The summed E-state index contributed by atoms with van der Waals surface area (Å²) in [5.41, 5.74) is 2.18. The minimum atomic E-state index is 0. The Morgan fingerprint density at radius 1 is 1.10 bits per heavy atom. The van der Waals surface area contributed by atoms with Crippen LogP contribution in [0.3, 0.4) is 0 Å². The van der Waals surface area contributed by atoms with Gasteiger partial charge in [0.05, 0.1) is 24.4 Å². The van der Waals surface area contributed by atoms with Crippen LogP contribution in [0.2, 0.25) is 0 Å². The summed E-state index contributed by atoms with van der Waals surface area (Å²) >= 11 is 0. The molecule has 4 rings (SSSR count). The summed E-state index contributed by atoms with van der Waals surface area (Å²) in [4.78, 5) is 11.8. The molecule has 1 aliphatic heterocycles. The fraction of sp³-hybridized carbons (Fsp3) is 0.417. The number of hydrogen-bond acceptors (Lipinski definition) is 4. The summed E-state index contributed by atoms with van der Waals surface area (Å²) in [5.74, 6) is 1.84. The highest BCUT2D eigenvalue weighted by molar-refractivity contribution is 14.0. The zero-order valence-corrected chi connectivity index (χ0v) is 20.4. The molecule has 1 fully saturated rings. The van der Waals surface area contributed by atoms with E-state index in [0.717, 1.165) is 48.8 Å². The van der Waals surface area contributed by atoms with E-state index in [-0.39, 0.29) is 30.0 Å². The number of nitrogens with one attached hydrogen (secondary N) is 2. The van der Waals surface area contributed by atoms with E-state index in [1.54, 1.807) is 6.26 Å². The first-order valence-electron chi connectivity index (χ1n) is 11.0. The average molecular weight is 533 g/mol. The highest BCUT2D eigenvalue weighted by atomic mass is 127. The molecule has 1 aromatic carbocycles. The van der Waals surface area contributed by atoms with Crippen LogP contribution in [0, 0.1) is 0 Å². The van der Waals surface area contributed by atoms with Gasteiger partial charge in [0.25, 0.3) is 0 Å². The Hall–Kier alpha value is -2.13. The highest BCUT2D eigenvalue weighted by Gasteiger charge is 2.24. The number of fused-ring (bicyclic) bond motifs is 1. The second-order valence-corrected chi connectivity index (χ2v) is 7.69. The molecule has 7 heteroatoms. The van der Waals surface area contributed by atoms with Gasteiger partial charge in [-0.1, -0.05) is 24.6 Å². The molecule has 1 saturated heterocycles. The number of aromatic nitrogens is 1. The lowest BCUT2D eigenvalue weighted by molar-refractivity contribution is 0.146. The third-order valence-electron chi connectivity index (χ3n) is 5.66. The molecule has 1 unspecified atom stereocenters. The van der Waals surface area contributed by atoms with E-state index < -0.39 is 0 Å². The van der Waals surface area contributed by atoms with Crippen molar-refractivity contribution < 1.29 is 4.42 Å². The average Bonchev–Trinajstić information content (AvgIpc) is 3.33. The second-order valence-electron chi connectivity index (χ2n) is 7.69. The molecule has 3 heterocycles. The van der Waals surface area contributed by atoms with Crippen molar-refractivity contribution in [3.8, 4) is 0 Å². The number of hydrogen-bond donors (Lipinski definition) is 2. The fourth-order valence-electron chi connectivity index (χ4n) is 4.11. The number of rotatable bonds is 7. The first-order chi connectivity index (χ1) is 14.8. The van der Waals surface area contributed by atoms with Crippen LogP contribution in [0.4, 0.5) is 0 Å². The Labute approximate surface area is 201 Å². The third-order valence-corrected chi connectivity index (χ3v) is 5.66. The maximum Gasteiger partial charge on any atom is 0.191 e. The lowest BCUT2D eigenvalue weighted by Gasteiger charge is -2.33. The number of aliphatic imine (C=N–C) groups is 1. The molecule has 0 saturated carbocycles. The van der Waals surface area contributed by atoms with Crippen LogP contribution in [0.15, 0.2) is 64.3 Å². The van der Waals surface area contributed by atoms with Crippen LogP contribution in [-0.2, 0) is 6.54 Å².